The maximum Gasteiger partial charge on any atom is 0.265 e. The second-order valence-corrected chi connectivity index (χ2v) is 6.87. The van der Waals surface area contributed by atoms with Crippen molar-refractivity contribution in [2.24, 2.45) is 0 Å². The predicted octanol–water partition coefficient (Wildman–Crippen LogP) is 1.82. The number of fused-ring (bicyclic) bond motifs is 1. The predicted molar refractivity (Wildman–Crippen MR) is 104 cm³/mol. The van der Waals surface area contributed by atoms with E-state index in [1.54, 1.807) is 19.2 Å². The van der Waals surface area contributed by atoms with Gasteiger partial charge >= 0.3 is 0 Å². The first-order valence-electron chi connectivity index (χ1n) is 8.74. The van der Waals surface area contributed by atoms with Gasteiger partial charge in [0.1, 0.15) is 17.4 Å². The molecule has 3 aromatic rings. The minimum atomic E-state index is -0.366. The summed E-state index contributed by atoms with van der Waals surface area (Å²) >= 11 is 5.32. The molecule has 0 saturated carbocycles. The normalized spacial score (nSPS) is 16.0. The number of aromatic nitrogens is 2. The number of nitrogens with one attached hydrogen (secondary N) is 1. The number of ether oxygens (including phenoxy) is 1. The Bertz CT molecular complexity index is 1120. The summed E-state index contributed by atoms with van der Waals surface area (Å²) in [6.07, 6.45) is 0.931. The zero-order valence-electron chi connectivity index (χ0n) is 14.8. The summed E-state index contributed by atoms with van der Waals surface area (Å²) in [4.78, 5) is 15.5. The van der Waals surface area contributed by atoms with Gasteiger partial charge in [0.2, 0.25) is 5.88 Å². The first-order chi connectivity index (χ1) is 13.1. The summed E-state index contributed by atoms with van der Waals surface area (Å²) < 4.78 is 6.88. The number of hydrogen-bond donors (Lipinski definition) is 3. The minimum Gasteiger partial charge on any atom is -0.497 e. The van der Waals surface area contributed by atoms with E-state index in [9.17, 15) is 9.90 Å². The Balaban J connectivity index is 1.94. The lowest BCUT2D eigenvalue weighted by Gasteiger charge is -2.24. The van der Waals surface area contributed by atoms with Crippen molar-refractivity contribution in [1.82, 2.24) is 9.55 Å². The van der Waals surface area contributed by atoms with Crippen LogP contribution in [0.2, 0.25) is 0 Å². The molecule has 1 aliphatic rings. The van der Waals surface area contributed by atoms with Gasteiger partial charge in [-0.15, -0.1) is 0 Å². The highest BCUT2D eigenvalue weighted by molar-refractivity contribution is 7.71. The molecular weight excluding hydrogens is 362 g/mol. The van der Waals surface area contributed by atoms with Crippen LogP contribution in [-0.4, -0.2) is 28.3 Å². The van der Waals surface area contributed by atoms with Gasteiger partial charge in [-0.25, -0.2) is 0 Å². The summed E-state index contributed by atoms with van der Waals surface area (Å²) in [6.45, 7) is 0.843. The number of quaternary nitrogens is 1. The molecule has 0 saturated heterocycles. The van der Waals surface area contributed by atoms with E-state index in [1.807, 2.05) is 30.3 Å². The molecule has 4 N–H and O–H groups in total. The Morgan fingerprint density at radius 1 is 1.26 bits per heavy atom. The van der Waals surface area contributed by atoms with Crippen LogP contribution >= 0.6 is 12.2 Å². The zero-order chi connectivity index (χ0) is 19.0. The number of H-pyrrole nitrogens is 1. The molecule has 27 heavy (non-hydrogen) atoms. The number of nitrogens with zero attached hydrogens (tertiary/aromatic N) is 1. The second-order valence-electron chi connectivity index (χ2n) is 6.48. The van der Waals surface area contributed by atoms with E-state index in [4.69, 9.17) is 17.0 Å². The minimum absolute atomic E-state index is 0.138. The Kier molecular flexibility index (Phi) is 4.55. The van der Waals surface area contributed by atoms with E-state index < -0.39 is 0 Å². The Morgan fingerprint density at radius 3 is 2.89 bits per heavy atom. The number of nitrogens with two attached hydrogens (primary N) is 1. The van der Waals surface area contributed by atoms with Crippen molar-refractivity contribution >= 4 is 12.2 Å². The van der Waals surface area contributed by atoms with Crippen molar-refractivity contribution in [2.45, 2.75) is 12.5 Å². The molecule has 0 bridgehead atoms. The van der Waals surface area contributed by atoms with Crippen LogP contribution in [0.3, 0.4) is 0 Å². The SMILES string of the molecule is COc1cccc(-n2c(O)c([C@H]3[NH2+]CCc4ccccc43)c(=O)[nH]c2=S)c1. The van der Waals surface area contributed by atoms with Crippen LogP contribution in [0.5, 0.6) is 11.6 Å². The summed E-state index contributed by atoms with van der Waals surface area (Å²) in [6, 6.07) is 14.9. The van der Waals surface area contributed by atoms with Crippen molar-refractivity contribution in [1.29, 1.82) is 0 Å². The molecule has 2 heterocycles. The van der Waals surface area contributed by atoms with E-state index in [2.05, 4.69) is 16.4 Å². The molecule has 0 radical (unpaired) electrons. The first kappa shape index (κ1) is 17.5. The monoisotopic (exact) mass is 382 g/mol. The van der Waals surface area contributed by atoms with E-state index in [0.29, 0.717) is 17.0 Å². The van der Waals surface area contributed by atoms with Crippen molar-refractivity contribution in [2.75, 3.05) is 13.7 Å². The Morgan fingerprint density at radius 2 is 2.07 bits per heavy atom. The van der Waals surface area contributed by atoms with Crippen LogP contribution in [0.15, 0.2) is 53.3 Å². The summed E-state index contributed by atoms with van der Waals surface area (Å²) in [5.74, 6) is 0.492. The smallest absolute Gasteiger partial charge is 0.265 e. The van der Waals surface area contributed by atoms with Gasteiger partial charge in [0.15, 0.2) is 4.77 Å². The van der Waals surface area contributed by atoms with Crippen LogP contribution in [0.4, 0.5) is 0 Å². The molecule has 0 aliphatic carbocycles. The van der Waals surface area contributed by atoms with Crippen molar-refractivity contribution < 1.29 is 15.2 Å². The van der Waals surface area contributed by atoms with E-state index in [0.717, 1.165) is 18.5 Å². The van der Waals surface area contributed by atoms with Gasteiger partial charge < -0.3 is 15.2 Å². The summed E-state index contributed by atoms with van der Waals surface area (Å²) in [5, 5.41) is 13.1. The van der Waals surface area contributed by atoms with Crippen LogP contribution in [0.25, 0.3) is 5.69 Å². The summed E-state index contributed by atoms with van der Waals surface area (Å²) in [5.41, 5.74) is 2.80. The third-order valence-electron chi connectivity index (χ3n) is 4.95. The van der Waals surface area contributed by atoms with Crippen LogP contribution < -0.4 is 15.6 Å². The molecular formula is C20H20N3O3S+. The van der Waals surface area contributed by atoms with Crippen LogP contribution in [0, 0.1) is 4.77 Å². The maximum atomic E-state index is 12.7. The lowest BCUT2D eigenvalue weighted by Crippen LogP contribution is -2.87. The third-order valence-corrected chi connectivity index (χ3v) is 5.23. The molecule has 7 heteroatoms. The van der Waals surface area contributed by atoms with Crippen molar-refractivity contribution in [3.8, 4) is 17.3 Å². The number of rotatable bonds is 3. The van der Waals surface area contributed by atoms with Gasteiger partial charge in [0.05, 0.1) is 19.3 Å². The molecule has 1 aliphatic heterocycles. The fourth-order valence-corrected chi connectivity index (χ4v) is 3.96. The first-order valence-corrected chi connectivity index (χ1v) is 9.14. The van der Waals surface area contributed by atoms with Gasteiger partial charge in [-0.05, 0) is 29.9 Å². The standard InChI is InChI=1S/C20H19N3O3S/c1-26-14-7-4-6-13(11-14)23-19(25)16(18(24)22-20(23)27)17-15-8-3-2-5-12(15)9-10-21-17/h2-8,11,17,21,25H,9-10H2,1H3,(H,22,24,27)/p+1/t17-/m0/s1. The van der Waals surface area contributed by atoms with Crippen molar-refractivity contribution in [3.63, 3.8) is 0 Å². The van der Waals surface area contributed by atoms with E-state index >= 15 is 0 Å². The zero-order valence-corrected chi connectivity index (χ0v) is 15.6. The fourth-order valence-electron chi connectivity index (χ4n) is 3.68. The molecule has 0 amide bonds. The number of methoxy groups -OCH3 is 1. The lowest BCUT2D eigenvalue weighted by atomic mass is 9.90. The number of aromatic amines is 1. The highest BCUT2D eigenvalue weighted by Crippen LogP contribution is 2.30. The average molecular weight is 382 g/mol. The highest BCUT2D eigenvalue weighted by atomic mass is 32.1. The molecule has 6 nitrogen and oxygen atoms in total. The molecule has 0 spiro atoms. The van der Waals surface area contributed by atoms with Gasteiger partial charge in [0.25, 0.3) is 5.56 Å². The quantitative estimate of drug-likeness (QED) is 0.604. The molecule has 138 valence electrons. The van der Waals surface area contributed by atoms with Gasteiger partial charge in [-0.2, -0.15) is 0 Å². The molecule has 0 unspecified atom stereocenters. The molecule has 2 aromatic carbocycles. The van der Waals surface area contributed by atoms with Crippen molar-refractivity contribution in [3.05, 3.63) is 80.3 Å². The lowest BCUT2D eigenvalue weighted by molar-refractivity contribution is -0.690. The van der Waals surface area contributed by atoms with Gasteiger partial charge in [-0.3, -0.25) is 14.3 Å². The Hall–Kier alpha value is -2.90. The molecule has 1 atom stereocenters. The number of hydrogen-bond acceptors (Lipinski definition) is 4. The second kappa shape index (κ2) is 7.02. The number of aromatic hydroxyl groups is 1. The number of benzene rings is 2. The van der Waals surface area contributed by atoms with Crippen LogP contribution in [0.1, 0.15) is 22.7 Å². The largest absolute Gasteiger partial charge is 0.497 e. The van der Waals surface area contributed by atoms with Crippen LogP contribution in [-0.2, 0) is 6.42 Å². The molecule has 4 rings (SSSR count). The van der Waals surface area contributed by atoms with Gasteiger partial charge in [-0.1, -0.05) is 30.3 Å². The highest BCUT2D eigenvalue weighted by Gasteiger charge is 2.31. The molecule has 1 aromatic heterocycles. The summed E-state index contributed by atoms with van der Waals surface area (Å²) in [7, 11) is 1.57. The van der Waals surface area contributed by atoms with Gasteiger partial charge in [0, 0.05) is 18.1 Å². The topological polar surface area (TPSA) is 83.9 Å². The maximum absolute atomic E-state index is 12.7. The molecule has 0 fully saturated rings. The average Bonchev–Trinajstić information content (AvgIpc) is 2.68. The van der Waals surface area contributed by atoms with E-state index in [1.165, 1.54) is 10.1 Å². The van der Waals surface area contributed by atoms with E-state index in [-0.39, 0.29) is 22.3 Å². The Labute approximate surface area is 161 Å². The third kappa shape index (κ3) is 3.05. The fraction of sp³-hybridized carbons (Fsp3) is 0.200.